The van der Waals surface area contributed by atoms with Crippen LogP contribution in [0.4, 0.5) is 0 Å². The second-order valence-corrected chi connectivity index (χ2v) is 4.56. The maximum absolute atomic E-state index is 3.23. The zero-order chi connectivity index (χ0) is 12.2. The predicted molar refractivity (Wildman–Crippen MR) is 75.3 cm³/mol. The highest BCUT2D eigenvalue weighted by Crippen LogP contribution is 2.15. The van der Waals surface area contributed by atoms with Crippen LogP contribution in [-0.4, -0.2) is 0 Å². The molecule has 0 spiro atoms. The van der Waals surface area contributed by atoms with E-state index < -0.39 is 0 Å². The minimum Gasteiger partial charge on any atom is -0.117 e. The van der Waals surface area contributed by atoms with Crippen LogP contribution in [0.1, 0.15) is 11.1 Å². The van der Waals surface area contributed by atoms with Gasteiger partial charge in [-0.1, -0.05) is 48.6 Å². The van der Waals surface area contributed by atoms with Gasteiger partial charge in [0, 0.05) is 12.8 Å². The second-order valence-electron chi connectivity index (χ2n) is 4.56. The highest BCUT2D eigenvalue weighted by molar-refractivity contribution is 5.37. The zero-order valence-corrected chi connectivity index (χ0v) is 10.2. The molecule has 3 rings (SSSR count). The Bertz CT molecular complexity index is 577. The SMILES string of the molecule is C1=CC=CC=1Cc1ccc(CC2=C=CC=C2)cc1. The minimum atomic E-state index is 0.968. The van der Waals surface area contributed by atoms with Crippen LogP contribution < -0.4 is 0 Å². The molecule has 2 aliphatic rings. The average molecular weight is 230 g/mol. The summed E-state index contributed by atoms with van der Waals surface area (Å²) in [6.45, 7) is 0. The fourth-order valence-electron chi connectivity index (χ4n) is 2.17. The lowest BCUT2D eigenvalue weighted by atomic mass is 10.0. The van der Waals surface area contributed by atoms with E-state index in [1.54, 1.807) is 0 Å². The van der Waals surface area contributed by atoms with Crippen molar-refractivity contribution >= 4 is 0 Å². The Morgan fingerprint density at radius 3 is 1.44 bits per heavy atom. The maximum Gasteiger partial charge on any atom is 0.00479 e. The molecule has 0 fully saturated rings. The van der Waals surface area contributed by atoms with Gasteiger partial charge < -0.3 is 0 Å². The van der Waals surface area contributed by atoms with Crippen LogP contribution in [0.5, 0.6) is 0 Å². The number of benzene rings is 1. The third kappa shape index (κ3) is 2.52. The van der Waals surface area contributed by atoms with Crippen LogP contribution in [0.25, 0.3) is 0 Å². The lowest BCUT2D eigenvalue weighted by Crippen LogP contribution is -1.90. The molecule has 0 saturated heterocycles. The van der Waals surface area contributed by atoms with E-state index in [1.807, 2.05) is 24.3 Å². The Morgan fingerprint density at radius 1 is 0.667 bits per heavy atom. The summed E-state index contributed by atoms with van der Waals surface area (Å²) < 4.78 is 0. The van der Waals surface area contributed by atoms with E-state index in [0.717, 1.165) is 12.8 Å². The molecule has 86 valence electrons. The highest BCUT2D eigenvalue weighted by Gasteiger charge is 2.01. The van der Waals surface area contributed by atoms with Gasteiger partial charge in [0.2, 0.25) is 0 Å². The molecule has 0 N–H and O–H groups in total. The van der Waals surface area contributed by atoms with Crippen LogP contribution in [0.2, 0.25) is 0 Å². The molecular formula is C18H14. The lowest BCUT2D eigenvalue weighted by molar-refractivity contribution is 1.16. The van der Waals surface area contributed by atoms with Crippen LogP contribution in [0.15, 0.2) is 83.3 Å². The Labute approximate surface area is 108 Å². The van der Waals surface area contributed by atoms with Crippen molar-refractivity contribution in [3.8, 4) is 0 Å². The first-order valence-corrected chi connectivity index (χ1v) is 6.22. The number of hydrogen-bond acceptors (Lipinski definition) is 0. The molecule has 1 aromatic carbocycles. The maximum atomic E-state index is 3.23. The van der Waals surface area contributed by atoms with Crippen molar-refractivity contribution in [3.63, 3.8) is 0 Å². The average Bonchev–Trinajstić information content (AvgIpc) is 3.05. The number of hydrogen-bond donors (Lipinski definition) is 0. The van der Waals surface area contributed by atoms with E-state index in [9.17, 15) is 0 Å². The van der Waals surface area contributed by atoms with Crippen molar-refractivity contribution in [2.75, 3.05) is 0 Å². The zero-order valence-electron chi connectivity index (χ0n) is 10.2. The highest BCUT2D eigenvalue weighted by atomic mass is 14.1. The summed E-state index contributed by atoms with van der Waals surface area (Å²) in [7, 11) is 0. The Balaban J connectivity index is 1.69. The van der Waals surface area contributed by atoms with Gasteiger partial charge in [0.15, 0.2) is 0 Å². The monoisotopic (exact) mass is 230 g/mol. The first kappa shape index (κ1) is 10.9. The topological polar surface area (TPSA) is 0 Å². The minimum absolute atomic E-state index is 0.968. The van der Waals surface area contributed by atoms with E-state index in [0.29, 0.717) is 0 Å². The molecule has 0 heteroatoms. The largest absolute Gasteiger partial charge is 0.117 e. The summed E-state index contributed by atoms with van der Waals surface area (Å²) in [5.74, 6) is 0. The molecule has 1 aromatic rings. The predicted octanol–water partition coefficient (Wildman–Crippen LogP) is 4.07. The Kier molecular flexibility index (Phi) is 2.98. The van der Waals surface area contributed by atoms with Crippen molar-refractivity contribution in [2.45, 2.75) is 12.8 Å². The van der Waals surface area contributed by atoms with Gasteiger partial charge in [0.1, 0.15) is 0 Å². The second kappa shape index (κ2) is 4.94. The van der Waals surface area contributed by atoms with E-state index in [2.05, 4.69) is 47.9 Å². The van der Waals surface area contributed by atoms with Gasteiger partial charge >= 0.3 is 0 Å². The molecule has 18 heavy (non-hydrogen) atoms. The van der Waals surface area contributed by atoms with Crippen LogP contribution in [0.3, 0.4) is 0 Å². The van der Waals surface area contributed by atoms with E-state index in [-0.39, 0.29) is 0 Å². The molecule has 0 heterocycles. The van der Waals surface area contributed by atoms with Gasteiger partial charge in [0.05, 0.1) is 0 Å². The van der Waals surface area contributed by atoms with E-state index >= 15 is 0 Å². The van der Waals surface area contributed by atoms with Gasteiger partial charge in [-0.3, -0.25) is 0 Å². The summed E-state index contributed by atoms with van der Waals surface area (Å²) in [5, 5.41) is 0. The van der Waals surface area contributed by atoms with Gasteiger partial charge in [0.25, 0.3) is 0 Å². The van der Waals surface area contributed by atoms with Gasteiger partial charge in [-0.2, -0.15) is 0 Å². The summed E-state index contributed by atoms with van der Waals surface area (Å²) in [4.78, 5) is 0. The Morgan fingerprint density at radius 2 is 1.11 bits per heavy atom. The van der Waals surface area contributed by atoms with E-state index in [1.165, 1.54) is 22.3 Å². The van der Waals surface area contributed by atoms with Gasteiger partial charge in [-0.25, -0.2) is 0 Å². The number of rotatable bonds is 4. The molecule has 0 unspecified atom stereocenters. The quantitative estimate of drug-likeness (QED) is 0.684. The summed E-state index contributed by atoms with van der Waals surface area (Å²) >= 11 is 0. The molecule has 0 atom stereocenters. The summed E-state index contributed by atoms with van der Waals surface area (Å²) in [6.07, 6.45) is 14.2. The molecule has 0 radical (unpaired) electrons. The summed E-state index contributed by atoms with van der Waals surface area (Å²) in [6, 6.07) is 8.83. The van der Waals surface area contributed by atoms with Crippen molar-refractivity contribution in [1.29, 1.82) is 0 Å². The fourth-order valence-corrected chi connectivity index (χ4v) is 2.17. The van der Waals surface area contributed by atoms with Crippen LogP contribution in [0, 0.1) is 0 Å². The molecule has 0 aromatic heterocycles. The fraction of sp³-hybridized carbons (Fsp3) is 0.111. The number of allylic oxidation sites excluding steroid dienone is 6. The van der Waals surface area contributed by atoms with E-state index in [4.69, 9.17) is 0 Å². The molecule has 0 saturated carbocycles. The van der Waals surface area contributed by atoms with Crippen LogP contribution in [-0.2, 0) is 12.8 Å². The molecule has 0 nitrogen and oxygen atoms in total. The Hall–Kier alpha value is -2.26. The summed E-state index contributed by atoms with van der Waals surface area (Å²) in [5.41, 5.74) is 11.7. The standard InChI is InChI=1S/C18H14/c1-2-6-15(5-1)13-17-9-11-18(12-10-17)14-16-7-3-4-8-16/h1-5,7,9-12H,13-14H2. The molecule has 0 bridgehead atoms. The van der Waals surface area contributed by atoms with Crippen molar-refractivity contribution in [1.82, 2.24) is 0 Å². The third-order valence-corrected chi connectivity index (χ3v) is 3.14. The molecule has 2 aliphatic carbocycles. The van der Waals surface area contributed by atoms with Crippen molar-refractivity contribution in [2.24, 2.45) is 0 Å². The normalized spacial score (nSPS) is 15.3. The molecule has 0 amide bonds. The van der Waals surface area contributed by atoms with Crippen molar-refractivity contribution in [3.05, 3.63) is 94.5 Å². The first-order chi connectivity index (χ1) is 8.90. The third-order valence-electron chi connectivity index (χ3n) is 3.14. The molecular weight excluding hydrogens is 216 g/mol. The lowest BCUT2D eigenvalue weighted by Gasteiger charge is -2.03. The van der Waals surface area contributed by atoms with Gasteiger partial charge in [-0.15, -0.1) is 11.5 Å². The van der Waals surface area contributed by atoms with Gasteiger partial charge in [-0.05, 0) is 34.4 Å². The van der Waals surface area contributed by atoms with Crippen molar-refractivity contribution < 1.29 is 0 Å². The first-order valence-electron chi connectivity index (χ1n) is 6.22. The molecule has 0 aliphatic heterocycles. The van der Waals surface area contributed by atoms with Crippen LogP contribution >= 0.6 is 0 Å². The smallest absolute Gasteiger partial charge is 0.00479 e.